The van der Waals surface area contributed by atoms with E-state index >= 15 is 0 Å². The molecule has 92 valence electrons. The maximum absolute atomic E-state index is 6.29. The molecule has 5 heteroatoms. The molecular weight excluding hydrogens is 232 g/mol. The van der Waals surface area contributed by atoms with Gasteiger partial charge in [0, 0.05) is 18.9 Å². The van der Waals surface area contributed by atoms with Gasteiger partial charge in [-0.3, -0.25) is 0 Å². The second kappa shape index (κ2) is 4.98. The first-order chi connectivity index (χ1) is 8.13. The topological polar surface area (TPSA) is 56.7 Å². The summed E-state index contributed by atoms with van der Waals surface area (Å²) in [5.41, 5.74) is 7.31. The van der Waals surface area contributed by atoms with Gasteiger partial charge in [-0.2, -0.15) is 0 Å². The Morgan fingerprint density at radius 3 is 2.82 bits per heavy atom. The number of imidazole rings is 1. The number of aryl methyl sites for hydroxylation is 3. The predicted octanol–water partition coefficient (Wildman–Crippen LogP) is 2.41. The van der Waals surface area contributed by atoms with Crippen molar-refractivity contribution in [3.05, 3.63) is 33.8 Å². The van der Waals surface area contributed by atoms with Crippen LogP contribution in [-0.4, -0.2) is 14.5 Å². The van der Waals surface area contributed by atoms with Gasteiger partial charge in [-0.25, -0.2) is 9.97 Å². The lowest BCUT2D eigenvalue weighted by Crippen LogP contribution is -2.17. The van der Waals surface area contributed by atoms with E-state index in [1.807, 2.05) is 26.2 Å². The number of rotatable bonds is 4. The molecule has 0 aliphatic carbocycles. The Labute approximate surface area is 106 Å². The monoisotopic (exact) mass is 250 g/mol. The lowest BCUT2D eigenvalue weighted by atomic mass is 10.2. The van der Waals surface area contributed by atoms with Gasteiger partial charge in [0.15, 0.2) is 0 Å². The van der Waals surface area contributed by atoms with E-state index < -0.39 is 0 Å². The Balaban J connectivity index is 2.33. The Kier molecular flexibility index (Phi) is 3.59. The van der Waals surface area contributed by atoms with Crippen LogP contribution in [0.3, 0.4) is 0 Å². The normalized spacial score (nSPS) is 12.9. The van der Waals surface area contributed by atoms with Crippen LogP contribution in [-0.2, 0) is 6.54 Å². The SMILES string of the molecule is CCCn1ccnc1C(N)c1sc(C)nc1C. The van der Waals surface area contributed by atoms with Crippen molar-refractivity contribution in [3.63, 3.8) is 0 Å². The van der Waals surface area contributed by atoms with Crippen molar-refractivity contribution in [2.75, 3.05) is 0 Å². The van der Waals surface area contributed by atoms with Crippen LogP contribution in [0.25, 0.3) is 0 Å². The third kappa shape index (κ3) is 2.40. The van der Waals surface area contributed by atoms with Gasteiger partial charge in [0.05, 0.1) is 15.6 Å². The standard InChI is InChI=1S/C12H18N4S/c1-4-6-16-7-5-14-12(16)10(13)11-8(2)15-9(3)17-11/h5,7,10H,4,6,13H2,1-3H3. The van der Waals surface area contributed by atoms with E-state index in [2.05, 4.69) is 21.5 Å². The number of hydrogen-bond acceptors (Lipinski definition) is 4. The van der Waals surface area contributed by atoms with Crippen molar-refractivity contribution >= 4 is 11.3 Å². The third-order valence-corrected chi connectivity index (χ3v) is 3.87. The summed E-state index contributed by atoms with van der Waals surface area (Å²) in [6.07, 6.45) is 4.88. The van der Waals surface area contributed by atoms with Gasteiger partial charge in [0.2, 0.25) is 0 Å². The Morgan fingerprint density at radius 1 is 1.47 bits per heavy atom. The number of nitrogens with zero attached hydrogens (tertiary/aromatic N) is 3. The fraction of sp³-hybridized carbons (Fsp3) is 0.500. The maximum Gasteiger partial charge on any atom is 0.131 e. The molecule has 0 saturated carbocycles. The molecule has 2 aromatic rings. The first-order valence-electron chi connectivity index (χ1n) is 5.84. The van der Waals surface area contributed by atoms with Gasteiger partial charge in [0.1, 0.15) is 11.9 Å². The number of nitrogens with two attached hydrogens (primary N) is 1. The van der Waals surface area contributed by atoms with Gasteiger partial charge in [-0.1, -0.05) is 6.92 Å². The van der Waals surface area contributed by atoms with E-state index in [9.17, 15) is 0 Å². The van der Waals surface area contributed by atoms with E-state index in [1.54, 1.807) is 11.3 Å². The number of aromatic nitrogens is 3. The molecule has 0 aromatic carbocycles. The largest absolute Gasteiger partial charge is 0.333 e. The van der Waals surface area contributed by atoms with Crippen molar-refractivity contribution in [3.8, 4) is 0 Å². The highest BCUT2D eigenvalue weighted by atomic mass is 32.1. The zero-order valence-electron chi connectivity index (χ0n) is 10.5. The summed E-state index contributed by atoms with van der Waals surface area (Å²) in [7, 11) is 0. The van der Waals surface area contributed by atoms with E-state index in [0.717, 1.165) is 34.4 Å². The fourth-order valence-electron chi connectivity index (χ4n) is 1.98. The van der Waals surface area contributed by atoms with Crippen LogP contribution < -0.4 is 5.73 Å². The Morgan fingerprint density at radius 2 is 2.24 bits per heavy atom. The molecule has 0 fully saturated rings. The summed E-state index contributed by atoms with van der Waals surface area (Å²) in [5.74, 6) is 0.929. The van der Waals surface area contributed by atoms with Gasteiger partial charge in [0.25, 0.3) is 0 Å². The molecule has 4 nitrogen and oxygen atoms in total. The molecule has 0 saturated heterocycles. The molecule has 0 aliphatic rings. The predicted molar refractivity (Wildman–Crippen MR) is 70.1 cm³/mol. The fourth-order valence-corrected chi connectivity index (χ4v) is 2.91. The zero-order valence-corrected chi connectivity index (χ0v) is 11.3. The molecular formula is C12H18N4S. The molecule has 1 atom stereocenters. The van der Waals surface area contributed by atoms with Crippen LogP contribution in [0, 0.1) is 13.8 Å². The minimum Gasteiger partial charge on any atom is -0.333 e. The summed E-state index contributed by atoms with van der Waals surface area (Å²) < 4.78 is 2.12. The van der Waals surface area contributed by atoms with Gasteiger partial charge < -0.3 is 10.3 Å². The highest BCUT2D eigenvalue weighted by molar-refractivity contribution is 7.11. The van der Waals surface area contributed by atoms with Crippen LogP contribution in [0.1, 0.15) is 40.8 Å². The molecule has 0 amide bonds. The highest BCUT2D eigenvalue weighted by Gasteiger charge is 2.19. The van der Waals surface area contributed by atoms with E-state index in [-0.39, 0.29) is 6.04 Å². The molecule has 1 unspecified atom stereocenters. The molecule has 0 radical (unpaired) electrons. The van der Waals surface area contributed by atoms with Crippen molar-refractivity contribution in [1.82, 2.24) is 14.5 Å². The Bertz CT molecular complexity index is 500. The third-order valence-electron chi connectivity index (χ3n) is 2.71. The van der Waals surface area contributed by atoms with Crippen LogP contribution in [0.4, 0.5) is 0 Å². The zero-order chi connectivity index (χ0) is 12.4. The van der Waals surface area contributed by atoms with Gasteiger partial charge in [-0.15, -0.1) is 11.3 Å². The molecule has 0 aliphatic heterocycles. The summed E-state index contributed by atoms with van der Waals surface area (Å²) >= 11 is 1.66. The molecule has 2 rings (SSSR count). The maximum atomic E-state index is 6.29. The molecule has 2 heterocycles. The average molecular weight is 250 g/mol. The molecule has 0 bridgehead atoms. The second-order valence-corrected chi connectivity index (χ2v) is 5.37. The van der Waals surface area contributed by atoms with Crippen LogP contribution in [0.15, 0.2) is 12.4 Å². The number of hydrogen-bond donors (Lipinski definition) is 1. The van der Waals surface area contributed by atoms with Crippen LogP contribution in [0.2, 0.25) is 0 Å². The smallest absolute Gasteiger partial charge is 0.131 e. The first kappa shape index (κ1) is 12.3. The first-order valence-corrected chi connectivity index (χ1v) is 6.65. The molecule has 2 aromatic heterocycles. The summed E-state index contributed by atoms with van der Waals surface area (Å²) in [6.45, 7) is 7.12. The minimum absolute atomic E-state index is 0.164. The van der Waals surface area contributed by atoms with Gasteiger partial charge in [-0.05, 0) is 20.3 Å². The molecule has 17 heavy (non-hydrogen) atoms. The minimum atomic E-state index is -0.164. The Hall–Kier alpha value is -1.20. The summed E-state index contributed by atoms with van der Waals surface area (Å²) in [6, 6.07) is -0.164. The van der Waals surface area contributed by atoms with Gasteiger partial charge >= 0.3 is 0 Å². The molecule has 2 N–H and O–H groups in total. The van der Waals surface area contributed by atoms with Crippen molar-refractivity contribution in [2.24, 2.45) is 5.73 Å². The van der Waals surface area contributed by atoms with Crippen molar-refractivity contribution in [1.29, 1.82) is 0 Å². The second-order valence-electron chi connectivity index (χ2n) is 4.14. The molecule has 0 spiro atoms. The van der Waals surface area contributed by atoms with Crippen LogP contribution >= 0.6 is 11.3 Å². The van der Waals surface area contributed by atoms with E-state index in [0.29, 0.717) is 0 Å². The lowest BCUT2D eigenvalue weighted by Gasteiger charge is -2.12. The average Bonchev–Trinajstić information content (AvgIpc) is 2.85. The number of thiazole rings is 1. The van der Waals surface area contributed by atoms with E-state index in [4.69, 9.17) is 5.73 Å². The summed E-state index contributed by atoms with van der Waals surface area (Å²) in [5, 5.41) is 1.06. The quantitative estimate of drug-likeness (QED) is 0.906. The van der Waals surface area contributed by atoms with Crippen molar-refractivity contribution < 1.29 is 0 Å². The van der Waals surface area contributed by atoms with E-state index in [1.165, 1.54) is 0 Å². The lowest BCUT2D eigenvalue weighted by molar-refractivity contribution is 0.614. The van der Waals surface area contributed by atoms with Crippen LogP contribution in [0.5, 0.6) is 0 Å². The highest BCUT2D eigenvalue weighted by Crippen LogP contribution is 2.27. The summed E-state index contributed by atoms with van der Waals surface area (Å²) in [4.78, 5) is 9.91. The van der Waals surface area contributed by atoms with Crippen molar-refractivity contribution in [2.45, 2.75) is 39.8 Å².